The molecule has 4 rings (SSSR count). The van der Waals surface area contributed by atoms with E-state index in [1.165, 1.54) is 17.0 Å². The lowest BCUT2D eigenvalue weighted by atomic mass is 10.0. The molecule has 0 radical (unpaired) electrons. The fraction of sp³-hybridized carbons (Fsp3) is 0.520. The van der Waals surface area contributed by atoms with Gasteiger partial charge in [0.15, 0.2) is 0 Å². The van der Waals surface area contributed by atoms with Gasteiger partial charge in [-0.25, -0.2) is 9.18 Å². The van der Waals surface area contributed by atoms with E-state index in [9.17, 15) is 14.0 Å². The van der Waals surface area contributed by atoms with Crippen LogP contribution < -0.4 is 10.1 Å². The van der Waals surface area contributed by atoms with Crippen molar-refractivity contribution in [1.29, 1.82) is 0 Å². The molecule has 3 heterocycles. The van der Waals surface area contributed by atoms with E-state index < -0.39 is 0 Å². The van der Waals surface area contributed by atoms with E-state index in [0.29, 0.717) is 32.0 Å². The van der Waals surface area contributed by atoms with Crippen LogP contribution in [0.1, 0.15) is 42.7 Å². The van der Waals surface area contributed by atoms with Crippen molar-refractivity contribution >= 4 is 23.3 Å². The maximum Gasteiger partial charge on any atom is 0.317 e. The van der Waals surface area contributed by atoms with E-state index in [2.05, 4.69) is 5.32 Å². The molecular formula is C25H32FN3O4S. The SMILES string of the molecule is CCCNC(=O)N(CC(=O)N1CCc2sccc2[C@H]1COc1cccc(F)c1)C[C@H]1CCCO1. The number of fused-ring (bicyclic) bond motifs is 1. The Kier molecular flexibility index (Phi) is 8.39. The molecule has 7 nitrogen and oxygen atoms in total. The van der Waals surface area contributed by atoms with Crippen LogP contribution in [0.5, 0.6) is 5.75 Å². The number of halogens is 1. The molecule has 0 aliphatic carbocycles. The fourth-order valence-corrected chi connectivity index (χ4v) is 5.39. The normalized spacial score (nSPS) is 19.5. The molecule has 9 heteroatoms. The average Bonchev–Trinajstić information content (AvgIpc) is 3.52. The second-order valence-corrected chi connectivity index (χ2v) is 9.67. The highest BCUT2D eigenvalue weighted by atomic mass is 32.1. The summed E-state index contributed by atoms with van der Waals surface area (Å²) in [5.41, 5.74) is 1.06. The number of urea groups is 1. The number of benzene rings is 1. The molecule has 0 unspecified atom stereocenters. The molecule has 1 aromatic heterocycles. The van der Waals surface area contributed by atoms with E-state index >= 15 is 0 Å². The van der Waals surface area contributed by atoms with Gasteiger partial charge in [0.1, 0.15) is 24.7 Å². The smallest absolute Gasteiger partial charge is 0.317 e. The quantitative estimate of drug-likeness (QED) is 0.578. The number of rotatable bonds is 9. The maximum atomic E-state index is 13.6. The predicted octanol–water partition coefficient (Wildman–Crippen LogP) is 3.99. The van der Waals surface area contributed by atoms with E-state index in [1.807, 2.05) is 18.4 Å². The van der Waals surface area contributed by atoms with Gasteiger partial charge in [0.25, 0.3) is 0 Å². The zero-order valence-corrected chi connectivity index (χ0v) is 20.3. The molecule has 2 aromatic rings. The summed E-state index contributed by atoms with van der Waals surface area (Å²) in [5, 5.41) is 4.92. The third-order valence-electron chi connectivity index (χ3n) is 6.21. The molecule has 1 saturated heterocycles. The van der Waals surface area contributed by atoms with Gasteiger partial charge in [0.2, 0.25) is 5.91 Å². The van der Waals surface area contributed by atoms with Gasteiger partial charge in [-0.05, 0) is 54.8 Å². The number of nitrogens with one attached hydrogen (secondary N) is 1. The molecule has 2 aliphatic rings. The monoisotopic (exact) mass is 489 g/mol. The van der Waals surface area contributed by atoms with Crippen molar-refractivity contribution in [3.63, 3.8) is 0 Å². The third-order valence-corrected chi connectivity index (χ3v) is 7.20. The largest absolute Gasteiger partial charge is 0.491 e. The number of carbonyl (C=O) groups excluding carboxylic acids is 2. The molecule has 1 N–H and O–H groups in total. The highest BCUT2D eigenvalue weighted by Gasteiger charge is 2.34. The van der Waals surface area contributed by atoms with E-state index in [1.54, 1.807) is 33.3 Å². The minimum absolute atomic E-state index is 0.0225. The summed E-state index contributed by atoms with van der Waals surface area (Å²) in [4.78, 5) is 30.9. The molecule has 2 atom stereocenters. The van der Waals surface area contributed by atoms with Crippen LogP contribution in [0.2, 0.25) is 0 Å². The van der Waals surface area contributed by atoms with Crippen LogP contribution in [0.4, 0.5) is 9.18 Å². The van der Waals surface area contributed by atoms with E-state index in [0.717, 1.165) is 31.2 Å². The Morgan fingerprint density at radius 2 is 2.24 bits per heavy atom. The summed E-state index contributed by atoms with van der Waals surface area (Å²) in [5.74, 6) is -0.0730. The highest BCUT2D eigenvalue weighted by molar-refractivity contribution is 7.10. The van der Waals surface area contributed by atoms with Gasteiger partial charge in [-0.3, -0.25) is 4.79 Å². The lowest BCUT2D eigenvalue weighted by Crippen LogP contribution is -2.51. The van der Waals surface area contributed by atoms with Crippen LogP contribution in [0.25, 0.3) is 0 Å². The number of nitrogens with zero attached hydrogens (tertiary/aromatic N) is 2. The van der Waals surface area contributed by atoms with Gasteiger partial charge < -0.3 is 24.6 Å². The number of ether oxygens (including phenoxy) is 2. The van der Waals surface area contributed by atoms with Gasteiger partial charge in [-0.15, -0.1) is 11.3 Å². The molecule has 0 bridgehead atoms. The summed E-state index contributed by atoms with van der Waals surface area (Å²) in [7, 11) is 0. The van der Waals surface area contributed by atoms with Gasteiger partial charge in [0, 0.05) is 37.2 Å². The Morgan fingerprint density at radius 3 is 3.00 bits per heavy atom. The van der Waals surface area contributed by atoms with Crippen molar-refractivity contribution in [1.82, 2.24) is 15.1 Å². The fourth-order valence-electron chi connectivity index (χ4n) is 4.46. The van der Waals surface area contributed by atoms with Gasteiger partial charge in [0.05, 0.1) is 12.1 Å². The number of thiophene rings is 1. The summed E-state index contributed by atoms with van der Waals surface area (Å²) in [6.45, 7) is 4.37. The van der Waals surface area contributed by atoms with Crippen molar-refractivity contribution in [3.8, 4) is 5.75 Å². The maximum absolute atomic E-state index is 13.6. The number of carbonyl (C=O) groups is 2. The lowest BCUT2D eigenvalue weighted by Gasteiger charge is -2.37. The molecule has 2 aliphatic heterocycles. The Balaban J connectivity index is 1.48. The average molecular weight is 490 g/mol. The van der Waals surface area contributed by atoms with Crippen LogP contribution in [0.3, 0.4) is 0 Å². The van der Waals surface area contributed by atoms with Crippen LogP contribution in [0.15, 0.2) is 35.7 Å². The lowest BCUT2D eigenvalue weighted by molar-refractivity contribution is -0.135. The molecule has 1 fully saturated rings. The summed E-state index contributed by atoms with van der Waals surface area (Å²) < 4.78 is 25.2. The first-order chi connectivity index (χ1) is 16.5. The van der Waals surface area contributed by atoms with Crippen molar-refractivity contribution < 1.29 is 23.5 Å². The van der Waals surface area contributed by atoms with Crippen molar-refractivity contribution in [2.45, 2.75) is 44.8 Å². The number of hydrogen-bond acceptors (Lipinski definition) is 5. The van der Waals surface area contributed by atoms with Crippen LogP contribution >= 0.6 is 11.3 Å². The van der Waals surface area contributed by atoms with Crippen LogP contribution in [-0.4, -0.2) is 67.2 Å². The molecule has 3 amide bonds. The molecule has 34 heavy (non-hydrogen) atoms. The first-order valence-corrected chi connectivity index (χ1v) is 12.8. The van der Waals surface area contributed by atoms with Crippen molar-refractivity contribution in [2.24, 2.45) is 0 Å². The molecule has 0 saturated carbocycles. The summed E-state index contributed by atoms with van der Waals surface area (Å²) in [6, 6.07) is 7.49. The van der Waals surface area contributed by atoms with Gasteiger partial charge in [-0.2, -0.15) is 0 Å². The molecule has 1 aromatic carbocycles. The number of hydrogen-bond donors (Lipinski definition) is 1. The zero-order chi connectivity index (χ0) is 23.9. The molecule has 0 spiro atoms. The van der Waals surface area contributed by atoms with Crippen molar-refractivity contribution in [3.05, 3.63) is 52.0 Å². The van der Waals surface area contributed by atoms with Gasteiger partial charge in [-0.1, -0.05) is 13.0 Å². The second kappa shape index (κ2) is 11.7. The first kappa shape index (κ1) is 24.5. The Morgan fingerprint density at radius 1 is 1.35 bits per heavy atom. The second-order valence-electron chi connectivity index (χ2n) is 8.67. The van der Waals surface area contributed by atoms with E-state index in [-0.39, 0.29) is 43.1 Å². The number of amides is 3. The predicted molar refractivity (Wildman–Crippen MR) is 129 cm³/mol. The van der Waals surface area contributed by atoms with E-state index in [4.69, 9.17) is 9.47 Å². The summed E-state index contributed by atoms with van der Waals surface area (Å²) in [6.07, 6.45) is 3.40. The topological polar surface area (TPSA) is 71.1 Å². The molecular weight excluding hydrogens is 457 g/mol. The summed E-state index contributed by atoms with van der Waals surface area (Å²) >= 11 is 1.67. The third kappa shape index (κ3) is 6.07. The highest BCUT2D eigenvalue weighted by Crippen LogP contribution is 2.34. The first-order valence-electron chi connectivity index (χ1n) is 11.9. The van der Waals surface area contributed by atoms with Crippen LogP contribution in [-0.2, 0) is 16.0 Å². The van der Waals surface area contributed by atoms with Crippen LogP contribution in [0, 0.1) is 5.82 Å². The Labute approximate surface area is 203 Å². The standard InChI is InChI=1S/C25H32FN3O4S/c1-2-10-27-25(31)28(15-20-7-4-12-32-20)16-24(30)29-11-8-23-21(9-13-34-23)22(29)17-33-19-6-3-5-18(26)14-19/h3,5-6,9,13-14,20,22H,2,4,7-8,10-12,15-17H2,1H3,(H,27,31)/t20-,22-/m1/s1. The van der Waals surface area contributed by atoms with Gasteiger partial charge >= 0.3 is 6.03 Å². The Bertz CT molecular complexity index is 979. The minimum atomic E-state index is -0.367. The Hall–Kier alpha value is -2.65. The zero-order valence-electron chi connectivity index (χ0n) is 19.5. The molecule has 184 valence electrons. The van der Waals surface area contributed by atoms with Crippen molar-refractivity contribution in [2.75, 3.05) is 39.4 Å². The minimum Gasteiger partial charge on any atom is -0.491 e.